The Balaban J connectivity index is 1.66. The predicted octanol–water partition coefficient (Wildman–Crippen LogP) is 2.73. The lowest BCUT2D eigenvalue weighted by Gasteiger charge is -2.32. The number of aryl methyl sites for hydroxylation is 1. The number of H-pyrrole nitrogens is 1. The van der Waals surface area contributed by atoms with Gasteiger partial charge in [0.25, 0.3) is 0 Å². The van der Waals surface area contributed by atoms with Crippen LogP contribution in [0, 0.1) is 6.92 Å². The normalized spacial score (nSPS) is 19.2. The number of aromatic nitrogens is 2. The molecule has 5 heteroatoms. The van der Waals surface area contributed by atoms with E-state index in [4.69, 9.17) is 0 Å². The van der Waals surface area contributed by atoms with Crippen LogP contribution < -0.4 is 0 Å². The third-order valence-electron chi connectivity index (χ3n) is 3.96. The molecular weight excluding hydrogens is 270 g/mol. The molecule has 1 N–H and O–H groups in total. The van der Waals surface area contributed by atoms with Crippen LogP contribution in [0.1, 0.15) is 34.9 Å². The molecule has 20 heavy (non-hydrogen) atoms. The third kappa shape index (κ3) is 2.77. The summed E-state index contributed by atoms with van der Waals surface area (Å²) in [6.45, 7) is 3.77. The molecule has 0 saturated carbocycles. The van der Waals surface area contributed by atoms with Gasteiger partial charge < -0.3 is 4.90 Å². The fourth-order valence-electron chi connectivity index (χ4n) is 2.88. The summed E-state index contributed by atoms with van der Waals surface area (Å²) in [4.78, 5) is 15.5. The summed E-state index contributed by atoms with van der Waals surface area (Å²) < 4.78 is 0. The zero-order valence-electron chi connectivity index (χ0n) is 11.6. The van der Waals surface area contributed by atoms with Crippen LogP contribution in [0.4, 0.5) is 0 Å². The highest BCUT2D eigenvalue weighted by atomic mass is 32.1. The topological polar surface area (TPSA) is 49.0 Å². The van der Waals surface area contributed by atoms with Crippen molar-refractivity contribution in [2.24, 2.45) is 0 Å². The minimum atomic E-state index is 0.245. The lowest BCUT2D eigenvalue weighted by Crippen LogP contribution is -2.40. The second-order valence-electron chi connectivity index (χ2n) is 5.40. The average molecular weight is 289 g/mol. The smallest absolute Gasteiger partial charge is 0.227 e. The van der Waals surface area contributed by atoms with E-state index in [0.29, 0.717) is 12.3 Å². The largest absolute Gasteiger partial charge is 0.342 e. The number of rotatable bonds is 3. The first-order valence-corrected chi connectivity index (χ1v) is 7.92. The van der Waals surface area contributed by atoms with Crippen molar-refractivity contribution < 1.29 is 4.79 Å². The van der Waals surface area contributed by atoms with Crippen molar-refractivity contribution in [3.8, 4) is 0 Å². The molecule has 4 nitrogen and oxygen atoms in total. The van der Waals surface area contributed by atoms with Gasteiger partial charge >= 0.3 is 0 Å². The molecule has 0 aromatic carbocycles. The van der Waals surface area contributed by atoms with E-state index < -0.39 is 0 Å². The van der Waals surface area contributed by atoms with E-state index in [9.17, 15) is 4.79 Å². The summed E-state index contributed by atoms with van der Waals surface area (Å²) in [6.07, 6.45) is 4.60. The predicted molar refractivity (Wildman–Crippen MR) is 79.9 cm³/mol. The summed E-state index contributed by atoms with van der Waals surface area (Å²) in [5, 5.41) is 9.22. The van der Waals surface area contributed by atoms with Gasteiger partial charge in [0.05, 0.1) is 12.6 Å². The Bertz CT molecular complexity index is 576. The number of carbonyl (C=O) groups excluding carboxylic acids is 1. The van der Waals surface area contributed by atoms with E-state index in [2.05, 4.69) is 17.1 Å². The molecule has 0 spiro atoms. The second kappa shape index (κ2) is 5.79. The van der Waals surface area contributed by atoms with Crippen LogP contribution >= 0.6 is 11.3 Å². The third-order valence-corrected chi connectivity index (χ3v) is 4.83. The van der Waals surface area contributed by atoms with Gasteiger partial charge in [-0.25, -0.2) is 0 Å². The van der Waals surface area contributed by atoms with Crippen molar-refractivity contribution in [2.75, 3.05) is 13.1 Å². The number of nitrogens with zero attached hydrogens (tertiary/aromatic N) is 2. The Morgan fingerprint density at radius 3 is 3.20 bits per heavy atom. The van der Waals surface area contributed by atoms with Gasteiger partial charge in [0.2, 0.25) is 5.91 Å². The molecule has 3 rings (SSSR count). The molecule has 1 atom stereocenters. The molecule has 2 aromatic rings. The van der Waals surface area contributed by atoms with Gasteiger partial charge in [-0.05, 0) is 36.8 Å². The Labute approximate surface area is 122 Å². The number of hydrogen-bond donors (Lipinski definition) is 1. The standard InChI is InChI=1S/C15H19N3OS/c1-11-9-16-17-15(11)12-4-2-6-18(10-12)14(19)8-13-5-3-7-20-13/h3,5,7,9,12H,2,4,6,8,10H2,1H3,(H,16,17)/t12-/m0/s1. The Morgan fingerprint density at radius 2 is 2.50 bits per heavy atom. The maximum atomic E-state index is 12.4. The van der Waals surface area contributed by atoms with Crippen LogP contribution in [0.2, 0.25) is 0 Å². The minimum Gasteiger partial charge on any atom is -0.342 e. The quantitative estimate of drug-likeness (QED) is 0.944. The highest BCUT2D eigenvalue weighted by molar-refractivity contribution is 7.10. The number of hydrogen-bond acceptors (Lipinski definition) is 3. The Kier molecular flexibility index (Phi) is 3.87. The number of aromatic amines is 1. The number of piperidine rings is 1. The second-order valence-corrected chi connectivity index (χ2v) is 6.43. The van der Waals surface area contributed by atoms with Gasteiger partial charge in [-0.1, -0.05) is 6.07 Å². The number of carbonyl (C=O) groups is 1. The molecule has 1 aliphatic rings. The lowest BCUT2D eigenvalue weighted by atomic mass is 9.93. The molecule has 0 bridgehead atoms. The molecular formula is C15H19N3OS. The van der Waals surface area contributed by atoms with Crippen LogP contribution in [0.25, 0.3) is 0 Å². The summed E-state index contributed by atoms with van der Waals surface area (Å²) in [6, 6.07) is 4.03. The van der Waals surface area contributed by atoms with Gasteiger partial charge in [0.15, 0.2) is 0 Å². The first-order valence-electron chi connectivity index (χ1n) is 7.04. The zero-order chi connectivity index (χ0) is 13.9. The molecule has 0 unspecified atom stereocenters. The molecule has 2 aromatic heterocycles. The SMILES string of the molecule is Cc1cn[nH]c1[C@H]1CCCN(C(=O)Cc2cccs2)C1. The Morgan fingerprint density at radius 1 is 1.60 bits per heavy atom. The minimum absolute atomic E-state index is 0.245. The molecule has 106 valence electrons. The van der Waals surface area contributed by atoms with Crippen molar-refractivity contribution >= 4 is 17.2 Å². The van der Waals surface area contributed by atoms with Crippen molar-refractivity contribution in [3.63, 3.8) is 0 Å². The number of nitrogens with one attached hydrogen (secondary N) is 1. The number of amides is 1. The van der Waals surface area contributed by atoms with Crippen LogP contribution in [-0.2, 0) is 11.2 Å². The van der Waals surface area contributed by atoms with Gasteiger partial charge in [-0.3, -0.25) is 9.89 Å². The Hall–Kier alpha value is -1.62. The highest BCUT2D eigenvalue weighted by Crippen LogP contribution is 2.27. The fourth-order valence-corrected chi connectivity index (χ4v) is 3.58. The average Bonchev–Trinajstić information content (AvgIpc) is 3.10. The summed E-state index contributed by atoms with van der Waals surface area (Å²) in [5.41, 5.74) is 2.39. The van der Waals surface area contributed by atoms with E-state index in [1.54, 1.807) is 11.3 Å². The number of thiophene rings is 1. The van der Waals surface area contributed by atoms with E-state index in [-0.39, 0.29) is 5.91 Å². The van der Waals surface area contributed by atoms with Crippen LogP contribution in [-0.4, -0.2) is 34.1 Å². The van der Waals surface area contributed by atoms with Crippen LogP contribution in [0.5, 0.6) is 0 Å². The van der Waals surface area contributed by atoms with Crippen molar-refractivity contribution in [1.82, 2.24) is 15.1 Å². The van der Waals surface area contributed by atoms with Gasteiger partial charge in [-0.15, -0.1) is 11.3 Å². The molecule has 1 fully saturated rings. The molecule has 0 aliphatic carbocycles. The van der Waals surface area contributed by atoms with Crippen molar-refractivity contribution in [2.45, 2.75) is 32.1 Å². The summed E-state index contributed by atoms with van der Waals surface area (Å²) >= 11 is 1.65. The zero-order valence-corrected chi connectivity index (χ0v) is 12.4. The molecule has 1 saturated heterocycles. The van der Waals surface area contributed by atoms with Crippen LogP contribution in [0.3, 0.4) is 0 Å². The van der Waals surface area contributed by atoms with Gasteiger partial charge in [0, 0.05) is 29.6 Å². The van der Waals surface area contributed by atoms with Gasteiger partial charge in [-0.2, -0.15) is 5.10 Å². The first-order chi connectivity index (χ1) is 9.74. The summed E-state index contributed by atoms with van der Waals surface area (Å²) in [5.74, 6) is 0.646. The van der Waals surface area contributed by atoms with Crippen molar-refractivity contribution in [3.05, 3.63) is 39.8 Å². The van der Waals surface area contributed by atoms with E-state index in [1.807, 2.05) is 28.6 Å². The summed E-state index contributed by atoms with van der Waals surface area (Å²) in [7, 11) is 0. The number of likely N-dealkylation sites (tertiary alicyclic amines) is 1. The van der Waals surface area contributed by atoms with Gasteiger partial charge in [0.1, 0.15) is 0 Å². The van der Waals surface area contributed by atoms with Crippen molar-refractivity contribution in [1.29, 1.82) is 0 Å². The maximum absolute atomic E-state index is 12.4. The molecule has 0 radical (unpaired) electrons. The van der Waals surface area contributed by atoms with Crippen LogP contribution in [0.15, 0.2) is 23.7 Å². The fraction of sp³-hybridized carbons (Fsp3) is 0.467. The maximum Gasteiger partial charge on any atom is 0.227 e. The first kappa shape index (κ1) is 13.4. The van der Waals surface area contributed by atoms with E-state index in [0.717, 1.165) is 30.8 Å². The van der Waals surface area contributed by atoms with E-state index in [1.165, 1.54) is 11.3 Å². The van der Waals surface area contributed by atoms with E-state index >= 15 is 0 Å². The molecule has 3 heterocycles. The lowest BCUT2D eigenvalue weighted by molar-refractivity contribution is -0.131. The monoisotopic (exact) mass is 289 g/mol. The molecule has 1 aliphatic heterocycles. The molecule has 1 amide bonds. The highest BCUT2D eigenvalue weighted by Gasteiger charge is 2.26.